The third-order valence-corrected chi connectivity index (χ3v) is 3.50. The van der Waals surface area contributed by atoms with Crippen LogP contribution in [0.4, 0.5) is 5.69 Å². The second-order valence-corrected chi connectivity index (χ2v) is 4.56. The molecule has 3 nitrogen and oxygen atoms in total. The summed E-state index contributed by atoms with van der Waals surface area (Å²) >= 11 is 0. The van der Waals surface area contributed by atoms with Gasteiger partial charge in [0, 0.05) is 24.9 Å². The van der Waals surface area contributed by atoms with E-state index in [-0.39, 0.29) is 0 Å². The molecule has 0 aromatic heterocycles. The summed E-state index contributed by atoms with van der Waals surface area (Å²) in [7, 11) is 0. The highest BCUT2D eigenvalue weighted by atomic mass is 16.3. The molecule has 1 aromatic carbocycles. The zero-order chi connectivity index (χ0) is 11.4. The van der Waals surface area contributed by atoms with Crippen LogP contribution in [0, 0.1) is 5.92 Å². The standard InChI is InChI=1S/C13H20N2O/c14-12-6-2-1-4-10(12)8-15-13-7-3-5-11(13)9-16/h1-2,4,6,11,13,15-16H,3,5,7-9,14H2. The van der Waals surface area contributed by atoms with E-state index < -0.39 is 0 Å². The number of anilines is 1. The van der Waals surface area contributed by atoms with Gasteiger partial charge in [0.15, 0.2) is 0 Å². The highest BCUT2D eigenvalue weighted by Crippen LogP contribution is 2.25. The molecule has 4 N–H and O–H groups in total. The van der Waals surface area contributed by atoms with Gasteiger partial charge in [-0.15, -0.1) is 0 Å². The number of nitrogens with two attached hydrogens (primary N) is 1. The smallest absolute Gasteiger partial charge is 0.0474 e. The first kappa shape index (κ1) is 11.4. The van der Waals surface area contributed by atoms with Crippen LogP contribution in [0.5, 0.6) is 0 Å². The highest BCUT2D eigenvalue weighted by molar-refractivity contribution is 5.46. The van der Waals surface area contributed by atoms with Gasteiger partial charge in [0.05, 0.1) is 0 Å². The Labute approximate surface area is 96.7 Å². The third kappa shape index (κ3) is 2.54. The van der Waals surface area contributed by atoms with Gasteiger partial charge in [-0.1, -0.05) is 24.6 Å². The fourth-order valence-corrected chi connectivity index (χ4v) is 2.46. The number of rotatable bonds is 4. The van der Waals surface area contributed by atoms with Crippen LogP contribution in [-0.4, -0.2) is 17.8 Å². The van der Waals surface area contributed by atoms with Crippen LogP contribution in [0.2, 0.25) is 0 Å². The molecule has 1 saturated carbocycles. The Kier molecular flexibility index (Phi) is 3.80. The summed E-state index contributed by atoms with van der Waals surface area (Å²) in [6.45, 7) is 1.09. The first-order valence-electron chi connectivity index (χ1n) is 5.99. The van der Waals surface area contributed by atoms with Gasteiger partial charge < -0.3 is 16.2 Å². The Balaban J connectivity index is 1.90. The van der Waals surface area contributed by atoms with Crippen molar-refractivity contribution in [1.82, 2.24) is 5.32 Å². The summed E-state index contributed by atoms with van der Waals surface area (Å²) in [5, 5.41) is 12.7. The lowest BCUT2D eigenvalue weighted by molar-refractivity contribution is 0.205. The van der Waals surface area contributed by atoms with Gasteiger partial charge in [0.25, 0.3) is 0 Å². The molecule has 88 valence electrons. The van der Waals surface area contributed by atoms with Gasteiger partial charge >= 0.3 is 0 Å². The SMILES string of the molecule is Nc1ccccc1CNC1CCCC1CO. The van der Waals surface area contributed by atoms with Gasteiger partial charge in [-0.25, -0.2) is 0 Å². The molecule has 16 heavy (non-hydrogen) atoms. The van der Waals surface area contributed by atoms with E-state index in [0.717, 1.165) is 30.6 Å². The van der Waals surface area contributed by atoms with Crippen molar-refractivity contribution in [1.29, 1.82) is 0 Å². The summed E-state index contributed by atoms with van der Waals surface area (Å²) in [4.78, 5) is 0. The van der Waals surface area contributed by atoms with E-state index in [4.69, 9.17) is 5.73 Å². The van der Waals surface area contributed by atoms with Crippen molar-refractivity contribution in [2.75, 3.05) is 12.3 Å². The Hall–Kier alpha value is -1.06. The topological polar surface area (TPSA) is 58.3 Å². The predicted molar refractivity (Wildman–Crippen MR) is 65.9 cm³/mol. The van der Waals surface area contributed by atoms with Crippen molar-refractivity contribution >= 4 is 5.69 Å². The fourth-order valence-electron chi connectivity index (χ4n) is 2.46. The van der Waals surface area contributed by atoms with Crippen LogP contribution in [0.15, 0.2) is 24.3 Å². The van der Waals surface area contributed by atoms with Crippen LogP contribution in [0.25, 0.3) is 0 Å². The summed E-state index contributed by atoms with van der Waals surface area (Å²) < 4.78 is 0. The van der Waals surface area contributed by atoms with Crippen LogP contribution < -0.4 is 11.1 Å². The maximum Gasteiger partial charge on any atom is 0.0474 e. The van der Waals surface area contributed by atoms with Gasteiger partial charge in [-0.2, -0.15) is 0 Å². The van der Waals surface area contributed by atoms with E-state index in [2.05, 4.69) is 5.32 Å². The van der Waals surface area contributed by atoms with E-state index in [9.17, 15) is 5.11 Å². The lowest BCUT2D eigenvalue weighted by Gasteiger charge is -2.19. The molecule has 0 spiro atoms. The average molecular weight is 220 g/mol. The molecule has 1 aliphatic carbocycles. The normalized spacial score (nSPS) is 24.8. The van der Waals surface area contributed by atoms with E-state index >= 15 is 0 Å². The van der Waals surface area contributed by atoms with Gasteiger partial charge in [0.2, 0.25) is 0 Å². The minimum Gasteiger partial charge on any atom is -0.398 e. The predicted octanol–water partition coefficient (Wildman–Crippen LogP) is 1.52. The van der Waals surface area contributed by atoms with Crippen molar-refractivity contribution < 1.29 is 5.11 Å². The third-order valence-electron chi connectivity index (χ3n) is 3.50. The Morgan fingerprint density at radius 2 is 2.12 bits per heavy atom. The Morgan fingerprint density at radius 1 is 1.31 bits per heavy atom. The summed E-state index contributed by atoms with van der Waals surface area (Å²) in [5.41, 5.74) is 7.87. The monoisotopic (exact) mass is 220 g/mol. The molecule has 1 aromatic rings. The van der Waals surface area contributed by atoms with Crippen molar-refractivity contribution in [3.63, 3.8) is 0 Å². The van der Waals surface area contributed by atoms with Crippen molar-refractivity contribution in [3.05, 3.63) is 29.8 Å². The molecular formula is C13H20N2O. The molecule has 0 aliphatic heterocycles. The molecule has 1 aliphatic rings. The lowest BCUT2D eigenvalue weighted by Crippen LogP contribution is -2.33. The maximum atomic E-state index is 9.22. The zero-order valence-electron chi connectivity index (χ0n) is 9.52. The number of benzene rings is 1. The van der Waals surface area contributed by atoms with Crippen LogP contribution in [0.3, 0.4) is 0 Å². The van der Waals surface area contributed by atoms with Gasteiger partial charge in [-0.3, -0.25) is 0 Å². The molecule has 0 amide bonds. The fraction of sp³-hybridized carbons (Fsp3) is 0.538. The van der Waals surface area contributed by atoms with Gasteiger partial charge in [0.1, 0.15) is 0 Å². The summed E-state index contributed by atoms with van der Waals surface area (Å²) in [6.07, 6.45) is 3.52. The molecular weight excluding hydrogens is 200 g/mol. The molecule has 0 radical (unpaired) electrons. The van der Waals surface area contributed by atoms with Crippen LogP contribution >= 0.6 is 0 Å². The average Bonchev–Trinajstić information content (AvgIpc) is 2.75. The van der Waals surface area contributed by atoms with Crippen molar-refractivity contribution in [2.24, 2.45) is 5.92 Å². The summed E-state index contributed by atoms with van der Waals surface area (Å²) in [6, 6.07) is 8.38. The molecule has 2 rings (SSSR count). The number of nitrogens with one attached hydrogen (secondary N) is 1. The number of para-hydroxylation sites is 1. The first-order valence-corrected chi connectivity index (χ1v) is 5.99. The lowest BCUT2D eigenvalue weighted by atomic mass is 10.0. The molecule has 1 fully saturated rings. The molecule has 0 heterocycles. The molecule has 3 heteroatoms. The largest absolute Gasteiger partial charge is 0.398 e. The van der Waals surface area contributed by atoms with Crippen molar-refractivity contribution in [3.8, 4) is 0 Å². The maximum absolute atomic E-state index is 9.22. The molecule has 0 bridgehead atoms. The Bertz CT molecular complexity index is 340. The van der Waals surface area contributed by atoms with Crippen LogP contribution in [0.1, 0.15) is 24.8 Å². The molecule has 2 unspecified atom stereocenters. The number of aliphatic hydroxyl groups is 1. The quantitative estimate of drug-likeness (QED) is 0.674. The molecule has 0 saturated heterocycles. The van der Waals surface area contributed by atoms with Gasteiger partial charge in [-0.05, 0) is 30.4 Å². The van der Waals surface area contributed by atoms with E-state index in [0.29, 0.717) is 18.6 Å². The Morgan fingerprint density at radius 3 is 2.88 bits per heavy atom. The van der Waals surface area contributed by atoms with E-state index in [1.165, 1.54) is 6.42 Å². The van der Waals surface area contributed by atoms with E-state index in [1.807, 2.05) is 24.3 Å². The van der Waals surface area contributed by atoms with Crippen molar-refractivity contribution in [2.45, 2.75) is 31.8 Å². The second kappa shape index (κ2) is 5.32. The summed E-state index contributed by atoms with van der Waals surface area (Å²) in [5.74, 6) is 0.421. The van der Waals surface area contributed by atoms with Crippen LogP contribution in [-0.2, 0) is 6.54 Å². The second-order valence-electron chi connectivity index (χ2n) is 4.56. The molecule has 2 atom stereocenters. The minimum atomic E-state index is 0.294. The highest BCUT2D eigenvalue weighted by Gasteiger charge is 2.25. The number of nitrogen functional groups attached to an aromatic ring is 1. The van der Waals surface area contributed by atoms with E-state index in [1.54, 1.807) is 0 Å². The zero-order valence-corrected chi connectivity index (χ0v) is 9.52. The number of hydrogen-bond acceptors (Lipinski definition) is 3. The minimum absolute atomic E-state index is 0.294. The number of hydrogen-bond donors (Lipinski definition) is 3. The number of aliphatic hydroxyl groups excluding tert-OH is 1. The first-order chi connectivity index (χ1) is 7.81.